The second-order valence-corrected chi connectivity index (χ2v) is 7.39. The molecule has 2 aromatic heterocycles. The van der Waals surface area contributed by atoms with Gasteiger partial charge in [-0.15, -0.1) is 0 Å². The number of hydrogen-bond donors (Lipinski definition) is 1. The molecule has 1 atom stereocenters. The Labute approximate surface area is 133 Å². The number of nitrogens with zero attached hydrogens (tertiary/aromatic N) is 5. The molecule has 7 heteroatoms. The fraction of sp³-hybridized carbons (Fsp3) is 0.400. The Balaban J connectivity index is 1.95. The average Bonchev–Trinajstić information content (AvgIpc) is 3.06. The number of aromatic nitrogens is 4. The molecule has 114 valence electrons. The van der Waals surface area contributed by atoms with Crippen molar-refractivity contribution in [1.82, 2.24) is 24.6 Å². The van der Waals surface area contributed by atoms with Crippen molar-refractivity contribution in [1.29, 1.82) is 0 Å². The van der Waals surface area contributed by atoms with Crippen LogP contribution < -0.4 is 5.73 Å². The van der Waals surface area contributed by atoms with Gasteiger partial charge in [-0.05, 0) is 22.8 Å². The molecule has 0 aromatic carbocycles. The van der Waals surface area contributed by atoms with E-state index >= 15 is 0 Å². The van der Waals surface area contributed by atoms with E-state index in [4.69, 9.17) is 5.73 Å². The molecule has 4 rings (SSSR count). The van der Waals surface area contributed by atoms with Crippen LogP contribution in [0.25, 0.3) is 11.4 Å². The molecule has 6 nitrogen and oxygen atoms in total. The van der Waals surface area contributed by atoms with Gasteiger partial charge in [-0.3, -0.25) is 0 Å². The van der Waals surface area contributed by atoms with Gasteiger partial charge in [0, 0.05) is 25.0 Å². The minimum absolute atomic E-state index is 0.00926. The number of nitrogens with two attached hydrogens (primary N) is 1. The molecule has 1 aliphatic heterocycles. The first-order valence-corrected chi connectivity index (χ1v) is 8.15. The van der Waals surface area contributed by atoms with Crippen LogP contribution in [0.5, 0.6) is 0 Å². The van der Waals surface area contributed by atoms with Crippen LogP contribution in [0, 0.1) is 0 Å². The molecule has 0 fully saturated rings. The quantitative estimate of drug-likeness (QED) is 0.871. The lowest BCUT2D eigenvalue weighted by Crippen LogP contribution is -2.28. The molecule has 2 aliphatic rings. The lowest BCUT2D eigenvalue weighted by molar-refractivity contribution is 0.338. The summed E-state index contributed by atoms with van der Waals surface area (Å²) in [5, 5.41) is 6.75. The average molecular weight is 314 g/mol. The Hall–Kier alpha value is -2.02. The molecule has 0 saturated carbocycles. The summed E-state index contributed by atoms with van der Waals surface area (Å²) >= 11 is 1.73. The molecular formula is C15H18N6S. The predicted octanol–water partition coefficient (Wildman–Crippen LogP) is 2.36. The van der Waals surface area contributed by atoms with E-state index in [1.165, 1.54) is 5.56 Å². The summed E-state index contributed by atoms with van der Waals surface area (Å²) in [6.07, 6.45) is 6.78. The summed E-state index contributed by atoms with van der Waals surface area (Å²) in [5.41, 5.74) is 10.3. The van der Waals surface area contributed by atoms with Crippen LogP contribution in [-0.2, 0) is 11.8 Å². The summed E-state index contributed by atoms with van der Waals surface area (Å²) in [7, 11) is 2.05. The Kier molecular flexibility index (Phi) is 2.78. The fourth-order valence-electron chi connectivity index (χ4n) is 3.19. The van der Waals surface area contributed by atoms with Crippen molar-refractivity contribution in [3.05, 3.63) is 35.1 Å². The highest BCUT2D eigenvalue weighted by atomic mass is 32.2. The maximum atomic E-state index is 5.83. The van der Waals surface area contributed by atoms with Gasteiger partial charge in [0.15, 0.2) is 5.50 Å². The molecule has 2 N–H and O–H groups in total. The topological polar surface area (TPSA) is 72.9 Å². The number of fused-ring (bicyclic) bond motifs is 3. The summed E-state index contributed by atoms with van der Waals surface area (Å²) in [6.45, 7) is 4.47. The fourth-order valence-corrected chi connectivity index (χ4v) is 4.13. The normalized spacial score (nSPS) is 21.8. The molecule has 3 heterocycles. The number of rotatable bonds is 1. The molecule has 0 amide bonds. The van der Waals surface area contributed by atoms with Gasteiger partial charge in [-0.1, -0.05) is 25.6 Å². The van der Waals surface area contributed by atoms with Gasteiger partial charge in [-0.2, -0.15) is 5.10 Å². The second kappa shape index (κ2) is 4.49. The molecule has 0 saturated heterocycles. The van der Waals surface area contributed by atoms with E-state index in [9.17, 15) is 0 Å². The Morgan fingerprint density at radius 2 is 2.18 bits per heavy atom. The highest BCUT2D eigenvalue weighted by Gasteiger charge is 2.37. The largest absolute Gasteiger partial charge is 0.368 e. The van der Waals surface area contributed by atoms with E-state index in [0.29, 0.717) is 5.95 Å². The zero-order valence-electron chi connectivity index (χ0n) is 12.8. The first-order valence-electron chi connectivity index (χ1n) is 7.21. The van der Waals surface area contributed by atoms with Crippen molar-refractivity contribution in [3.63, 3.8) is 0 Å². The van der Waals surface area contributed by atoms with Gasteiger partial charge in [-0.25, -0.2) is 14.6 Å². The smallest absolute Gasteiger partial charge is 0.220 e. The second-order valence-electron chi connectivity index (χ2n) is 6.43. The molecule has 2 aromatic rings. The third kappa shape index (κ3) is 1.85. The van der Waals surface area contributed by atoms with Crippen molar-refractivity contribution in [2.45, 2.75) is 31.2 Å². The van der Waals surface area contributed by atoms with Crippen molar-refractivity contribution in [2.75, 3.05) is 12.8 Å². The Morgan fingerprint density at radius 1 is 1.36 bits per heavy atom. The highest BCUT2D eigenvalue weighted by Crippen LogP contribution is 2.45. The van der Waals surface area contributed by atoms with Gasteiger partial charge >= 0.3 is 0 Å². The molecule has 1 unspecified atom stereocenters. The van der Waals surface area contributed by atoms with Crippen LogP contribution in [0.3, 0.4) is 0 Å². The van der Waals surface area contributed by atoms with Crippen LogP contribution in [0.15, 0.2) is 24.0 Å². The minimum atomic E-state index is 0.00926. The zero-order valence-corrected chi connectivity index (χ0v) is 13.6. The molecule has 22 heavy (non-hydrogen) atoms. The third-order valence-electron chi connectivity index (χ3n) is 4.32. The van der Waals surface area contributed by atoms with E-state index in [0.717, 1.165) is 23.4 Å². The zero-order chi connectivity index (χ0) is 15.5. The maximum absolute atomic E-state index is 5.83. The van der Waals surface area contributed by atoms with Crippen LogP contribution in [0.2, 0.25) is 0 Å². The van der Waals surface area contributed by atoms with Crippen molar-refractivity contribution < 1.29 is 0 Å². The Morgan fingerprint density at radius 3 is 2.91 bits per heavy atom. The van der Waals surface area contributed by atoms with Crippen molar-refractivity contribution in [3.8, 4) is 11.4 Å². The van der Waals surface area contributed by atoms with Crippen molar-refractivity contribution in [2.24, 2.45) is 0 Å². The number of thioether (sulfide) groups is 1. The van der Waals surface area contributed by atoms with E-state index in [-0.39, 0.29) is 10.9 Å². The number of anilines is 1. The van der Waals surface area contributed by atoms with E-state index < -0.39 is 0 Å². The summed E-state index contributed by atoms with van der Waals surface area (Å²) in [4.78, 5) is 10.8. The summed E-state index contributed by atoms with van der Waals surface area (Å²) in [6, 6.07) is 0. The molecule has 0 spiro atoms. The van der Waals surface area contributed by atoms with Crippen LogP contribution >= 0.6 is 11.8 Å². The first kappa shape index (κ1) is 13.6. The van der Waals surface area contributed by atoms with Gasteiger partial charge in [0.2, 0.25) is 5.95 Å². The third-order valence-corrected chi connectivity index (χ3v) is 5.37. The van der Waals surface area contributed by atoms with Crippen LogP contribution in [-0.4, -0.2) is 31.7 Å². The minimum Gasteiger partial charge on any atom is -0.368 e. The lowest BCUT2D eigenvalue weighted by atomic mass is 9.74. The van der Waals surface area contributed by atoms with E-state index in [1.54, 1.807) is 11.8 Å². The van der Waals surface area contributed by atoms with E-state index in [2.05, 4.69) is 52.5 Å². The van der Waals surface area contributed by atoms with Crippen LogP contribution in [0.4, 0.5) is 5.95 Å². The highest BCUT2D eigenvalue weighted by molar-refractivity contribution is 8.02. The maximum Gasteiger partial charge on any atom is 0.220 e. The van der Waals surface area contributed by atoms with E-state index in [1.807, 2.05) is 17.1 Å². The standard InChI is InChI=1S/C15H18N6S/c1-15(2)6-9-7-17-13(16)19-11(9)12-10(15)8-18-21(12)14-20(3)4-5-22-14/h4-5,7-8,14H,6H2,1-3H3,(H2,16,17,19). The predicted molar refractivity (Wildman–Crippen MR) is 87.9 cm³/mol. The van der Waals surface area contributed by atoms with Crippen LogP contribution in [0.1, 0.15) is 30.5 Å². The molecule has 0 bridgehead atoms. The summed E-state index contributed by atoms with van der Waals surface area (Å²) < 4.78 is 2.05. The van der Waals surface area contributed by atoms with Gasteiger partial charge in [0.25, 0.3) is 0 Å². The number of hydrogen-bond acceptors (Lipinski definition) is 6. The van der Waals surface area contributed by atoms with Gasteiger partial charge < -0.3 is 10.6 Å². The lowest BCUT2D eigenvalue weighted by Gasteiger charge is -2.32. The molecular weight excluding hydrogens is 296 g/mol. The molecule has 1 aliphatic carbocycles. The summed E-state index contributed by atoms with van der Waals surface area (Å²) in [5.74, 6) is 0.308. The van der Waals surface area contributed by atoms with Gasteiger partial charge in [0.05, 0.1) is 17.6 Å². The monoisotopic (exact) mass is 314 g/mol. The van der Waals surface area contributed by atoms with Gasteiger partial charge in [0.1, 0.15) is 0 Å². The van der Waals surface area contributed by atoms with Crippen molar-refractivity contribution >= 4 is 17.7 Å². The molecule has 0 radical (unpaired) electrons. The first-order chi connectivity index (χ1) is 10.5. The Bertz CT molecular complexity index is 778. The SMILES string of the molecule is CN1C=CSC1n1ncc2c1-c1nc(N)ncc1CC2(C)C. The number of nitrogen functional groups attached to an aromatic ring is 1.